The van der Waals surface area contributed by atoms with Gasteiger partial charge in [0.2, 0.25) is 0 Å². The van der Waals surface area contributed by atoms with E-state index in [1.807, 2.05) is 24.3 Å². The van der Waals surface area contributed by atoms with Crippen molar-refractivity contribution in [1.29, 1.82) is 0 Å². The molecule has 1 aliphatic carbocycles. The van der Waals surface area contributed by atoms with E-state index in [1.54, 1.807) is 0 Å². The zero-order chi connectivity index (χ0) is 13.9. The molecule has 104 valence electrons. The molecule has 4 nitrogen and oxygen atoms in total. The van der Waals surface area contributed by atoms with Gasteiger partial charge >= 0.3 is 5.97 Å². The number of hydrogen-bond donors (Lipinski definition) is 2. The summed E-state index contributed by atoms with van der Waals surface area (Å²) in [7, 11) is 0. The quantitative estimate of drug-likeness (QED) is 0.791. The molecule has 1 unspecified atom stereocenters. The summed E-state index contributed by atoms with van der Waals surface area (Å²) in [4.78, 5) is 11.3. The normalized spacial score (nSPS) is 17.8. The number of hydrogen-bond acceptors (Lipinski definition) is 3. The molecule has 3 N–H and O–H groups in total. The van der Waals surface area contributed by atoms with Crippen LogP contribution in [0.3, 0.4) is 0 Å². The van der Waals surface area contributed by atoms with Gasteiger partial charge in [-0.3, -0.25) is 4.79 Å². The van der Waals surface area contributed by atoms with Crippen LogP contribution in [0.15, 0.2) is 24.3 Å². The van der Waals surface area contributed by atoms with Crippen LogP contribution >= 0.6 is 0 Å². The van der Waals surface area contributed by atoms with E-state index >= 15 is 0 Å². The van der Waals surface area contributed by atoms with Gasteiger partial charge in [0.05, 0.1) is 0 Å². The summed E-state index contributed by atoms with van der Waals surface area (Å²) in [5.74, 6) is -0.251. The third-order valence-electron chi connectivity index (χ3n) is 3.64. The molecule has 2 rings (SSSR count). The Hall–Kier alpha value is -1.55. The SMILES string of the molecule is CCCc1ccc(OCC(N)(C(=O)O)C2CC2)cc1. The van der Waals surface area contributed by atoms with Crippen LogP contribution in [0.2, 0.25) is 0 Å². The third-order valence-corrected chi connectivity index (χ3v) is 3.64. The van der Waals surface area contributed by atoms with Crippen molar-refractivity contribution in [1.82, 2.24) is 0 Å². The molecule has 0 heterocycles. The van der Waals surface area contributed by atoms with Crippen molar-refractivity contribution < 1.29 is 14.6 Å². The molecule has 1 fully saturated rings. The fraction of sp³-hybridized carbons (Fsp3) is 0.533. The number of benzene rings is 1. The highest BCUT2D eigenvalue weighted by Crippen LogP contribution is 2.38. The van der Waals surface area contributed by atoms with Crippen LogP contribution in [0.4, 0.5) is 0 Å². The van der Waals surface area contributed by atoms with Crippen molar-refractivity contribution in [3.05, 3.63) is 29.8 Å². The first-order chi connectivity index (χ1) is 9.06. The van der Waals surface area contributed by atoms with E-state index in [1.165, 1.54) is 5.56 Å². The van der Waals surface area contributed by atoms with Crippen LogP contribution in [-0.4, -0.2) is 23.2 Å². The smallest absolute Gasteiger partial charge is 0.327 e. The van der Waals surface area contributed by atoms with Crippen LogP contribution < -0.4 is 10.5 Å². The number of ether oxygens (including phenoxy) is 1. The van der Waals surface area contributed by atoms with Crippen molar-refractivity contribution >= 4 is 5.97 Å². The van der Waals surface area contributed by atoms with E-state index < -0.39 is 11.5 Å². The molecule has 0 aromatic heterocycles. The van der Waals surface area contributed by atoms with Crippen LogP contribution in [-0.2, 0) is 11.2 Å². The van der Waals surface area contributed by atoms with Crippen LogP contribution in [0.1, 0.15) is 31.7 Å². The summed E-state index contributed by atoms with van der Waals surface area (Å²) in [5, 5.41) is 9.23. The van der Waals surface area contributed by atoms with Gasteiger partial charge in [0.25, 0.3) is 0 Å². The van der Waals surface area contributed by atoms with Gasteiger partial charge in [0, 0.05) is 0 Å². The first-order valence-corrected chi connectivity index (χ1v) is 6.80. The molecule has 1 aromatic rings. The predicted octanol–water partition coefficient (Wildman–Crippen LogP) is 2.21. The van der Waals surface area contributed by atoms with Crippen molar-refractivity contribution in [3.63, 3.8) is 0 Å². The minimum atomic E-state index is -1.25. The van der Waals surface area contributed by atoms with Crippen molar-refractivity contribution in [2.45, 2.75) is 38.1 Å². The highest BCUT2D eigenvalue weighted by molar-refractivity contribution is 5.79. The van der Waals surface area contributed by atoms with Crippen molar-refractivity contribution in [2.75, 3.05) is 6.61 Å². The Morgan fingerprint density at radius 1 is 1.42 bits per heavy atom. The average Bonchev–Trinajstić information content (AvgIpc) is 3.22. The number of rotatable bonds is 7. The maximum absolute atomic E-state index is 11.3. The summed E-state index contributed by atoms with van der Waals surface area (Å²) >= 11 is 0. The van der Waals surface area contributed by atoms with Gasteiger partial charge in [0.15, 0.2) is 5.54 Å². The van der Waals surface area contributed by atoms with Gasteiger partial charge < -0.3 is 15.6 Å². The Morgan fingerprint density at radius 2 is 2.05 bits per heavy atom. The Morgan fingerprint density at radius 3 is 2.53 bits per heavy atom. The van der Waals surface area contributed by atoms with Gasteiger partial charge in [-0.2, -0.15) is 0 Å². The Bertz CT molecular complexity index is 439. The van der Waals surface area contributed by atoms with Crippen molar-refractivity contribution in [3.8, 4) is 5.75 Å². The van der Waals surface area contributed by atoms with E-state index in [0.717, 1.165) is 25.7 Å². The summed E-state index contributed by atoms with van der Waals surface area (Å²) in [6.45, 7) is 2.16. The topological polar surface area (TPSA) is 72.5 Å². The molecule has 0 spiro atoms. The van der Waals surface area contributed by atoms with Gasteiger partial charge in [-0.1, -0.05) is 25.5 Å². The molecule has 1 atom stereocenters. The average molecular weight is 263 g/mol. The first kappa shape index (κ1) is 13.9. The number of aliphatic carboxylic acids is 1. The Balaban J connectivity index is 1.95. The van der Waals surface area contributed by atoms with E-state index in [4.69, 9.17) is 10.5 Å². The van der Waals surface area contributed by atoms with Crippen LogP contribution in [0, 0.1) is 5.92 Å². The maximum atomic E-state index is 11.3. The molecule has 0 saturated heterocycles. The minimum Gasteiger partial charge on any atom is -0.491 e. The standard InChI is InChI=1S/C15H21NO3/c1-2-3-11-4-8-13(9-5-11)19-10-15(16,14(17)18)12-6-7-12/h4-5,8-9,12H,2-3,6-7,10,16H2,1H3,(H,17,18). The molecule has 0 aliphatic heterocycles. The van der Waals surface area contributed by atoms with Crippen LogP contribution in [0.25, 0.3) is 0 Å². The highest BCUT2D eigenvalue weighted by Gasteiger charge is 2.49. The molecular weight excluding hydrogens is 242 g/mol. The Kier molecular flexibility index (Phi) is 4.10. The van der Waals surface area contributed by atoms with E-state index in [-0.39, 0.29) is 12.5 Å². The van der Waals surface area contributed by atoms with Gasteiger partial charge in [-0.05, 0) is 42.9 Å². The molecule has 1 aliphatic rings. The molecule has 0 radical (unpaired) electrons. The van der Waals surface area contributed by atoms with Gasteiger partial charge in [-0.25, -0.2) is 0 Å². The number of carbonyl (C=O) groups is 1. The summed E-state index contributed by atoms with van der Waals surface area (Å²) < 4.78 is 5.56. The minimum absolute atomic E-state index is 0.0279. The lowest BCUT2D eigenvalue weighted by Crippen LogP contribution is -2.54. The van der Waals surface area contributed by atoms with E-state index in [9.17, 15) is 9.90 Å². The number of aryl methyl sites for hydroxylation is 1. The number of carboxylic acids is 1. The summed E-state index contributed by atoms with van der Waals surface area (Å²) in [6, 6.07) is 7.77. The predicted molar refractivity (Wildman–Crippen MR) is 73.2 cm³/mol. The monoisotopic (exact) mass is 263 g/mol. The second-order valence-corrected chi connectivity index (χ2v) is 5.30. The molecule has 1 aromatic carbocycles. The summed E-state index contributed by atoms with van der Waals surface area (Å²) in [5.41, 5.74) is 5.96. The number of nitrogens with two attached hydrogens (primary N) is 1. The largest absolute Gasteiger partial charge is 0.491 e. The molecular formula is C15H21NO3. The van der Waals surface area contributed by atoms with Gasteiger partial charge in [-0.15, -0.1) is 0 Å². The van der Waals surface area contributed by atoms with E-state index in [2.05, 4.69) is 6.92 Å². The molecule has 4 heteroatoms. The lowest BCUT2D eigenvalue weighted by atomic mass is 9.96. The maximum Gasteiger partial charge on any atom is 0.327 e. The first-order valence-electron chi connectivity index (χ1n) is 6.80. The second kappa shape index (κ2) is 5.61. The molecule has 1 saturated carbocycles. The van der Waals surface area contributed by atoms with Crippen molar-refractivity contribution in [2.24, 2.45) is 11.7 Å². The lowest BCUT2D eigenvalue weighted by Gasteiger charge is -2.24. The number of carboxylic acid groups (broad SMARTS) is 1. The van der Waals surface area contributed by atoms with Crippen LogP contribution in [0.5, 0.6) is 5.75 Å². The van der Waals surface area contributed by atoms with E-state index in [0.29, 0.717) is 5.75 Å². The molecule has 0 amide bonds. The zero-order valence-corrected chi connectivity index (χ0v) is 11.3. The second-order valence-electron chi connectivity index (χ2n) is 5.30. The lowest BCUT2D eigenvalue weighted by molar-refractivity contribution is -0.145. The fourth-order valence-electron chi connectivity index (χ4n) is 2.20. The van der Waals surface area contributed by atoms with Gasteiger partial charge in [0.1, 0.15) is 12.4 Å². The zero-order valence-electron chi connectivity index (χ0n) is 11.3. The Labute approximate surface area is 113 Å². The highest BCUT2D eigenvalue weighted by atomic mass is 16.5. The summed E-state index contributed by atoms with van der Waals surface area (Å²) in [6.07, 6.45) is 3.90. The fourth-order valence-corrected chi connectivity index (χ4v) is 2.20. The molecule has 19 heavy (non-hydrogen) atoms. The molecule has 0 bridgehead atoms. The third kappa shape index (κ3) is 3.26.